The maximum atomic E-state index is 13.6. The predicted molar refractivity (Wildman–Crippen MR) is 101 cm³/mol. The van der Waals surface area contributed by atoms with Crippen LogP contribution in [0, 0.1) is 5.95 Å². The van der Waals surface area contributed by atoms with Gasteiger partial charge in [-0.15, -0.1) is 0 Å². The van der Waals surface area contributed by atoms with Gasteiger partial charge in [0.1, 0.15) is 18.2 Å². The number of nitrogens with zero attached hydrogens (tertiary/aromatic N) is 3. The standard InChI is InChI=1S/C19H24F3N5O/c1-11(20)15(21)10-24-19-23-9-14(16-3-2-4-17(22)26-16)18(27-19)25-12-5-7-13(28)8-6-12/h2-4,9,11-13,15,28H,5-8,10H2,1H3,(H2,23,24,25,27)/t11-,12?,13?,15-/m1/s1. The van der Waals surface area contributed by atoms with Gasteiger partial charge in [0.2, 0.25) is 11.9 Å². The topological polar surface area (TPSA) is 83.0 Å². The van der Waals surface area contributed by atoms with Crippen molar-refractivity contribution >= 4 is 11.8 Å². The van der Waals surface area contributed by atoms with Crippen LogP contribution in [0.1, 0.15) is 32.6 Å². The first-order chi connectivity index (χ1) is 13.4. The molecule has 3 rings (SSSR count). The summed E-state index contributed by atoms with van der Waals surface area (Å²) in [6.45, 7) is 0.890. The molecule has 152 valence electrons. The van der Waals surface area contributed by atoms with Crippen molar-refractivity contribution in [3.63, 3.8) is 0 Å². The van der Waals surface area contributed by atoms with E-state index in [1.54, 1.807) is 12.1 Å². The third kappa shape index (κ3) is 5.31. The molecular weight excluding hydrogens is 371 g/mol. The lowest BCUT2D eigenvalue weighted by molar-refractivity contribution is 0.126. The van der Waals surface area contributed by atoms with Crippen LogP contribution in [0.4, 0.5) is 24.9 Å². The number of hydrogen-bond acceptors (Lipinski definition) is 6. The zero-order chi connectivity index (χ0) is 20.1. The number of rotatable bonds is 7. The van der Waals surface area contributed by atoms with Crippen LogP contribution < -0.4 is 10.6 Å². The molecule has 1 fully saturated rings. The van der Waals surface area contributed by atoms with Gasteiger partial charge in [0.05, 0.1) is 23.9 Å². The number of alkyl halides is 2. The van der Waals surface area contributed by atoms with Gasteiger partial charge in [0.15, 0.2) is 0 Å². The molecule has 28 heavy (non-hydrogen) atoms. The quantitative estimate of drug-likeness (QED) is 0.623. The molecule has 9 heteroatoms. The highest BCUT2D eigenvalue weighted by Crippen LogP contribution is 2.29. The minimum atomic E-state index is -1.68. The van der Waals surface area contributed by atoms with Crippen molar-refractivity contribution in [2.75, 3.05) is 17.2 Å². The van der Waals surface area contributed by atoms with Gasteiger partial charge in [0, 0.05) is 12.2 Å². The van der Waals surface area contributed by atoms with E-state index in [2.05, 4.69) is 25.6 Å². The average molecular weight is 395 g/mol. The van der Waals surface area contributed by atoms with Gasteiger partial charge in [-0.2, -0.15) is 9.37 Å². The number of aliphatic hydroxyl groups excluding tert-OH is 1. The van der Waals surface area contributed by atoms with Gasteiger partial charge in [-0.25, -0.2) is 18.7 Å². The van der Waals surface area contributed by atoms with Gasteiger partial charge in [-0.3, -0.25) is 0 Å². The third-order valence-electron chi connectivity index (χ3n) is 4.77. The SMILES string of the molecule is C[C@@H](F)[C@H](F)CNc1ncc(-c2cccc(F)n2)c(NC2CCC(O)CC2)n1. The van der Waals surface area contributed by atoms with Crippen LogP contribution in [-0.4, -0.2) is 51.1 Å². The first kappa shape index (κ1) is 20.3. The highest BCUT2D eigenvalue weighted by molar-refractivity contribution is 5.72. The summed E-state index contributed by atoms with van der Waals surface area (Å²) in [7, 11) is 0. The molecule has 0 saturated heterocycles. The van der Waals surface area contributed by atoms with Crippen molar-refractivity contribution in [1.82, 2.24) is 15.0 Å². The van der Waals surface area contributed by atoms with Crippen LogP contribution in [0.15, 0.2) is 24.4 Å². The van der Waals surface area contributed by atoms with Crippen LogP contribution in [0.3, 0.4) is 0 Å². The highest BCUT2D eigenvalue weighted by Gasteiger charge is 2.22. The molecule has 2 atom stereocenters. The van der Waals surface area contributed by atoms with Gasteiger partial charge in [-0.1, -0.05) is 6.07 Å². The second-order valence-corrected chi connectivity index (χ2v) is 7.03. The van der Waals surface area contributed by atoms with E-state index in [1.165, 1.54) is 12.3 Å². The van der Waals surface area contributed by atoms with Gasteiger partial charge >= 0.3 is 0 Å². The molecule has 2 aromatic rings. The van der Waals surface area contributed by atoms with E-state index in [-0.39, 0.29) is 24.6 Å². The van der Waals surface area contributed by atoms with Crippen LogP contribution >= 0.6 is 0 Å². The van der Waals surface area contributed by atoms with E-state index in [1.807, 2.05) is 0 Å². The summed E-state index contributed by atoms with van der Waals surface area (Å²) in [6, 6.07) is 4.52. The minimum absolute atomic E-state index is 0.0817. The summed E-state index contributed by atoms with van der Waals surface area (Å²) in [5, 5.41) is 15.7. The molecule has 1 aliphatic rings. The fourth-order valence-corrected chi connectivity index (χ4v) is 3.09. The third-order valence-corrected chi connectivity index (χ3v) is 4.77. The molecule has 0 spiro atoms. The van der Waals surface area contributed by atoms with E-state index in [4.69, 9.17) is 0 Å². The van der Waals surface area contributed by atoms with Crippen LogP contribution in [0.5, 0.6) is 0 Å². The Labute approximate surface area is 161 Å². The number of aromatic nitrogens is 3. The smallest absolute Gasteiger partial charge is 0.224 e. The maximum absolute atomic E-state index is 13.6. The molecule has 0 radical (unpaired) electrons. The summed E-state index contributed by atoms with van der Waals surface area (Å²) in [4.78, 5) is 12.4. The predicted octanol–water partition coefficient (Wildman–Crippen LogP) is 3.50. The normalized spacial score (nSPS) is 21.8. The van der Waals surface area contributed by atoms with Crippen LogP contribution in [0.2, 0.25) is 0 Å². The van der Waals surface area contributed by atoms with Crippen LogP contribution in [-0.2, 0) is 0 Å². The van der Waals surface area contributed by atoms with E-state index in [9.17, 15) is 18.3 Å². The second-order valence-electron chi connectivity index (χ2n) is 7.03. The Morgan fingerprint density at radius 2 is 1.93 bits per heavy atom. The van der Waals surface area contributed by atoms with E-state index in [0.717, 1.165) is 19.8 Å². The van der Waals surface area contributed by atoms with Crippen molar-refractivity contribution in [1.29, 1.82) is 0 Å². The molecule has 0 amide bonds. The van der Waals surface area contributed by atoms with Crippen molar-refractivity contribution in [3.05, 3.63) is 30.3 Å². The van der Waals surface area contributed by atoms with E-state index >= 15 is 0 Å². The molecule has 1 aliphatic carbocycles. The zero-order valence-electron chi connectivity index (χ0n) is 15.6. The number of aliphatic hydroxyl groups is 1. The minimum Gasteiger partial charge on any atom is -0.393 e. The lowest BCUT2D eigenvalue weighted by Crippen LogP contribution is -2.29. The molecule has 2 heterocycles. The van der Waals surface area contributed by atoms with Gasteiger partial charge in [-0.05, 0) is 44.7 Å². The molecule has 3 N–H and O–H groups in total. The fourth-order valence-electron chi connectivity index (χ4n) is 3.09. The zero-order valence-corrected chi connectivity index (χ0v) is 15.6. The summed E-state index contributed by atoms with van der Waals surface area (Å²) < 4.78 is 40.1. The summed E-state index contributed by atoms with van der Waals surface area (Å²) in [5.74, 6) is -0.0499. The molecular formula is C19H24F3N5O. The Morgan fingerprint density at radius 3 is 2.61 bits per heavy atom. The van der Waals surface area contributed by atoms with Crippen LogP contribution in [0.25, 0.3) is 11.3 Å². The fraction of sp³-hybridized carbons (Fsp3) is 0.526. The highest BCUT2D eigenvalue weighted by atomic mass is 19.2. The van der Waals surface area contributed by atoms with E-state index < -0.39 is 18.3 Å². The molecule has 2 aromatic heterocycles. The number of nitrogens with one attached hydrogen (secondary N) is 2. The molecule has 0 aromatic carbocycles. The largest absolute Gasteiger partial charge is 0.393 e. The molecule has 1 saturated carbocycles. The second kappa shape index (κ2) is 9.18. The average Bonchev–Trinajstić information content (AvgIpc) is 2.68. The summed E-state index contributed by atoms with van der Waals surface area (Å²) in [6.07, 6.45) is 0.779. The van der Waals surface area contributed by atoms with Crippen molar-refractivity contribution in [2.45, 2.75) is 57.1 Å². The lowest BCUT2D eigenvalue weighted by atomic mass is 9.93. The van der Waals surface area contributed by atoms with E-state index in [0.29, 0.717) is 29.9 Å². The molecule has 6 nitrogen and oxygen atoms in total. The monoisotopic (exact) mass is 395 g/mol. The molecule has 0 unspecified atom stereocenters. The van der Waals surface area contributed by atoms with Gasteiger partial charge < -0.3 is 15.7 Å². The Kier molecular flexibility index (Phi) is 6.66. The lowest BCUT2D eigenvalue weighted by Gasteiger charge is -2.27. The van der Waals surface area contributed by atoms with Crippen molar-refractivity contribution in [3.8, 4) is 11.3 Å². The first-order valence-electron chi connectivity index (χ1n) is 9.39. The van der Waals surface area contributed by atoms with Gasteiger partial charge in [0.25, 0.3) is 0 Å². The molecule has 0 bridgehead atoms. The number of hydrogen-bond donors (Lipinski definition) is 3. The Balaban J connectivity index is 1.83. The Bertz CT molecular complexity index is 784. The van der Waals surface area contributed by atoms with Crippen molar-refractivity contribution < 1.29 is 18.3 Å². The Hall–Kier alpha value is -2.42. The maximum Gasteiger partial charge on any atom is 0.224 e. The number of pyridine rings is 1. The number of halogens is 3. The molecule has 0 aliphatic heterocycles. The summed E-state index contributed by atoms with van der Waals surface area (Å²) in [5.41, 5.74) is 0.873. The van der Waals surface area contributed by atoms with Crippen molar-refractivity contribution in [2.24, 2.45) is 0 Å². The first-order valence-corrected chi connectivity index (χ1v) is 9.39. The Morgan fingerprint density at radius 1 is 1.18 bits per heavy atom. The summed E-state index contributed by atoms with van der Waals surface area (Å²) >= 11 is 0. The number of anilines is 2.